The monoisotopic (exact) mass is 459 g/mol. The summed E-state index contributed by atoms with van der Waals surface area (Å²) in [7, 11) is 1.63. The Labute approximate surface area is 197 Å². The lowest BCUT2D eigenvalue weighted by Gasteiger charge is -2.24. The summed E-state index contributed by atoms with van der Waals surface area (Å²) in [5, 5.41) is 3.78. The third-order valence-electron chi connectivity index (χ3n) is 5.04. The molecule has 0 fully saturated rings. The molecule has 0 bridgehead atoms. The lowest BCUT2D eigenvalue weighted by atomic mass is 10.1. The van der Waals surface area contributed by atoms with Gasteiger partial charge in [0, 0.05) is 17.4 Å². The number of nitrogens with zero attached hydrogens (tertiary/aromatic N) is 4. The number of aromatic nitrogens is 3. The summed E-state index contributed by atoms with van der Waals surface area (Å²) >= 11 is 1.30. The highest BCUT2D eigenvalue weighted by Crippen LogP contribution is 2.28. The second-order valence-corrected chi connectivity index (χ2v) is 8.66. The minimum absolute atomic E-state index is 0.118. The molecule has 0 aliphatic rings. The Kier molecular flexibility index (Phi) is 6.65. The Bertz CT molecular complexity index is 1270. The summed E-state index contributed by atoms with van der Waals surface area (Å²) in [5.41, 5.74) is 3.71. The summed E-state index contributed by atoms with van der Waals surface area (Å²) in [5.74, 6) is 1.96. The normalized spacial score (nSPS) is 10.7. The fourth-order valence-corrected chi connectivity index (χ4v) is 4.31. The van der Waals surface area contributed by atoms with Gasteiger partial charge in [0.15, 0.2) is 5.13 Å². The molecule has 0 saturated heterocycles. The smallest absolute Gasteiger partial charge is 0.270 e. The number of hydrogen-bond donors (Lipinski definition) is 1. The van der Waals surface area contributed by atoms with Crippen molar-refractivity contribution in [3.63, 3.8) is 0 Å². The molecule has 0 saturated carbocycles. The Balaban J connectivity index is 1.63. The highest BCUT2D eigenvalue weighted by atomic mass is 32.1. The molecule has 4 rings (SSSR count). The van der Waals surface area contributed by atoms with E-state index in [1.165, 1.54) is 11.3 Å². The molecule has 1 amide bonds. The molecule has 0 spiro atoms. The van der Waals surface area contributed by atoms with Gasteiger partial charge in [0.2, 0.25) is 0 Å². The number of rotatable bonds is 7. The molecule has 2 heterocycles. The maximum atomic E-state index is 13.6. The van der Waals surface area contributed by atoms with E-state index < -0.39 is 0 Å². The van der Waals surface area contributed by atoms with Gasteiger partial charge in [-0.3, -0.25) is 4.79 Å². The van der Waals surface area contributed by atoms with Crippen LogP contribution in [0.2, 0.25) is 0 Å². The Morgan fingerprint density at radius 1 is 1.06 bits per heavy atom. The van der Waals surface area contributed by atoms with Gasteiger partial charge in [-0.2, -0.15) is 0 Å². The van der Waals surface area contributed by atoms with Crippen LogP contribution in [0.1, 0.15) is 32.3 Å². The SMILES string of the molecule is COc1cccc(CN(C(=O)c2cnc(Nc3cc(C)nc(C)n3)s2)c2ccccc2C)c1. The average Bonchev–Trinajstić information content (AvgIpc) is 3.25. The number of hydrogen-bond acceptors (Lipinski definition) is 7. The van der Waals surface area contributed by atoms with Crippen molar-refractivity contribution in [1.82, 2.24) is 15.0 Å². The van der Waals surface area contributed by atoms with Crippen molar-refractivity contribution in [2.75, 3.05) is 17.3 Å². The predicted molar refractivity (Wildman–Crippen MR) is 132 cm³/mol. The fraction of sp³-hybridized carbons (Fsp3) is 0.200. The Morgan fingerprint density at radius 3 is 2.64 bits per heavy atom. The second kappa shape index (κ2) is 9.79. The maximum absolute atomic E-state index is 13.6. The Hall–Kier alpha value is -3.78. The van der Waals surface area contributed by atoms with Crippen LogP contribution in [0.25, 0.3) is 0 Å². The van der Waals surface area contributed by atoms with E-state index in [0.29, 0.717) is 28.2 Å². The van der Waals surface area contributed by atoms with Gasteiger partial charge >= 0.3 is 0 Å². The lowest BCUT2D eigenvalue weighted by Crippen LogP contribution is -2.30. The van der Waals surface area contributed by atoms with Crippen LogP contribution in [0.4, 0.5) is 16.6 Å². The van der Waals surface area contributed by atoms with E-state index in [-0.39, 0.29) is 5.91 Å². The standard InChI is InChI=1S/C25H25N5O2S/c1-16-8-5-6-11-21(16)30(15-19-9-7-10-20(13-19)32-4)24(31)22-14-26-25(33-22)29-23-12-17(2)27-18(3)28-23/h5-14H,15H2,1-4H3,(H,26,27,28,29). The average molecular weight is 460 g/mol. The van der Waals surface area contributed by atoms with Crippen molar-refractivity contribution >= 4 is 33.9 Å². The third kappa shape index (κ3) is 5.35. The number of ether oxygens (including phenoxy) is 1. The van der Waals surface area contributed by atoms with Crippen molar-refractivity contribution in [2.24, 2.45) is 0 Å². The number of anilines is 3. The van der Waals surface area contributed by atoms with Crippen LogP contribution in [0, 0.1) is 20.8 Å². The number of aryl methyl sites for hydroxylation is 3. The first-order valence-electron chi connectivity index (χ1n) is 10.5. The summed E-state index contributed by atoms with van der Waals surface area (Å²) in [6.07, 6.45) is 1.60. The predicted octanol–water partition coefficient (Wildman–Crippen LogP) is 5.46. The number of carbonyl (C=O) groups excluding carboxylic acids is 1. The largest absolute Gasteiger partial charge is 0.497 e. The van der Waals surface area contributed by atoms with Gasteiger partial charge in [-0.25, -0.2) is 15.0 Å². The van der Waals surface area contributed by atoms with Crippen molar-refractivity contribution in [1.29, 1.82) is 0 Å². The molecule has 2 aromatic heterocycles. The van der Waals surface area contributed by atoms with Crippen molar-refractivity contribution < 1.29 is 9.53 Å². The number of nitrogens with one attached hydrogen (secondary N) is 1. The van der Waals surface area contributed by atoms with Gasteiger partial charge in [0.05, 0.1) is 19.9 Å². The molecule has 0 aliphatic carbocycles. The molecule has 8 heteroatoms. The number of para-hydroxylation sites is 1. The first-order valence-corrected chi connectivity index (χ1v) is 11.3. The molecular formula is C25H25N5O2S. The summed E-state index contributed by atoms with van der Waals surface area (Å²) < 4.78 is 5.36. The number of carbonyl (C=O) groups is 1. The van der Waals surface area contributed by atoms with E-state index in [2.05, 4.69) is 20.3 Å². The van der Waals surface area contributed by atoms with E-state index in [1.807, 2.05) is 75.4 Å². The van der Waals surface area contributed by atoms with Gasteiger partial charge in [0.25, 0.3) is 5.91 Å². The molecule has 2 aromatic carbocycles. The highest BCUT2D eigenvalue weighted by Gasteiger charge is 2.22. The van der Waals surface area contributed by atoms with Crippen LogP contribution < -0.4 is 15.0 Å². The zero-order valence-corrected chi connectivity index (χ0v) is 19.8. The summed E-state index contributed by atoms with van der Waals surface area (Å²) in [6.45, 7) is 6.16. The Morgan fingerprint density at radius 2 is 1.88 bits per heavy atom. The molecule has 0 atom stereocenters. The quantitative estimate of drug-likeness (QED) is 0.395. The molecule has 7 nitrogen and oxygen atoms in total. The first-order chi connectivity index (χ1) is 15.9. The van der Waals surface area contributed by atoms with Crippen LogP contribution in [0.15, 0.2) is 60.8 Å². The van der Waals surface area contributed by atoms with E-state index in [1.54, 1.807) is 18.2 Å². The minimum atomic E-state index is -0.118. The second-order valence-electron chi connectivity index (χ2n) is 7.63. The van der Waals surface area contributed by atoms with Gasteiger partial charge in [0.1, 0.15) is 22.3 Å². The van der Waals surface area contributed by atoms with E-state index in [4.69, 9.17) is 4.74 Å². The van der Waals surface area contributed by atoms with Crippen LogP contribution in [0.3, 0.4) is 0 Å². The molecule has 33 heavy (non-hydrogen) atoms. The van der Waals surface area contributed by atoms with Crippen molar-refractivity contribution in [3.8, 4) is 5.75 Å². The molecule has 168 valence electrons. The first kappa shape index (κ1) is 22.4. The number of benzene rings is 2. The number of amides is 1. The van der Waals surface area contributed by atoms with Gasteiger partial charge in [-0.1, -0.05) is 41.7 Å². The van der Waals surface area contributed by atoms with Crippen LogP contribution >= 0.6 is 11.3 Å². The minimum Gasteiger partial charge on any atom is -0.497 e. The number of methoxy groups -OCH3 is 1. The molecular weight excluding hydrogens is 434 g/mol. The van der Waals surface area contributed by atoms with E-state index in [9.17, 15) is 4.79 Å². The van der Waals surface area contributed by atoms with Crippen LogP contribution in [0.5, 0.6) is 5.75 Å². The molecule has 0 radical (unpaired) electrons. The third-order valence-corrected chi connectivity index (χ3v) is 5.94. The summed E-state index contributed by atoms with van der Waals surface area (Å²) in [4.78, 5) is 29.0. The molecule has 4 aromatic rings. The number of thiazole rings is 1. The fourth-order valence-electron chi connectivity index (χ4n) is 3.54. The maximum Gasteiger partial charge on any atom is 0.270 e. The van der Waals surface area contributed by atoms with Gasteiger partial charge in [-0.05, 0) is 50.1 Å². The highest BCUT2D eigenvalue weighted by molar-refractivity contribution is 7.17. The zero-order valence-electron chi connectivity index (χ0n) is 19.0. The van der Waals surface area contributed by atoms with E-state index in [0.717, 1.165) is 28.3 Å². The zero-order chi connectivity index (χ0) is 23.4. The molecule has 0 unspecified atom stereocenters. The van der Waals surface area contributed by atoms with Crippen LogP contribution in [-0.4, -0.2) is 28.0 Å². The van der Waals surface area contributed by atoms with Crippen LogP contribution in [-0.2, 0) is 6.54 Å². The van der Waals surface area contributed by atoms with E-state index >= 15 is 0 Å². The van der Waals surface area contributed by atoms with Crippen molar-refractivity contribution in [2.45, 2.75) is 27.3 Å². The van der Waals surface area contributed by atoms with Gasteiger partial charge in [-0.15, -0.1) is 0 Å². The van der Waals surface area contributed by atoms with Gasteiger partial charge < -0.3 is 15.0 Å². The summed E-state index contributed by atoms with van der Waals surface area (Å²) in [6, 6.07) is 17.5. The topological polar surface area (TPSA) is 80.2 Å². The van der Waals surface area contributed by atoms with Crippen molar-refractivity contribution in [3.05, 3.63) is 88.3 Å². The lowest BCUT2D eigenvalue weighted by molar-refractivity contribution is 0.0988. The molecule has 0 aliphatic heterocycles. The molecule has 1 N–H and O–H groups in total.